The average Bonchev–Trinajstić information content (AvgIpc) is 3.34. The fourth-order valence-corrected chi connectivity index (χ4v) is 5.20. The summed E-state index contributed by atoms with van der Waals surface area (Å²) in [6.07, 6.45) is 4.03. The first kappa shape index (κ1) is 28.5. The Morgan fingerprint density at radius 1 is 0.974 bits per heavy atom. The lowest BCUT2D eigenvalue weighted by Crippen LogP contribution is -2.50. The Morgan fingerprint density at radius 3 is 2.38 bits per heavy atom. The van der Waals surface area contributed by atoms with Gasteiger partial charge >= 0.3 is 12.2 Å². The third-order valence-corrected chi connectivity index (χ3v) is 7.37. The summed E-state index contributed by atoms with van der Waals surface area (Å²) in [6, 6.07) is 12.7. The van der Waals surface area contributed by atoms with Crippen LogP contribution in [0.1, 0.15) is 62.1 Å². The fourth-order valence-electron chi connectivity index (χ4n) is 5.20. The molecular weight excluding hydrogens is 505 g/mol. The first-order valence-electron chi connectivity index (χ1n) is 13.8. The van der Waals surface area contributed by atoms with Crippen molar-refractivity contribution in [1.82, 2.24) is 20.1 Å². The van der Waals surface area contributed by atoms with Gasteiger partial charge in [0.05, 0.1) is 5.56 Å². The minimum absolute atomic E-state index is 0.0824. The van der Waals surface area contributed by atoms with E-state index >= 15 is 0 Å². The van der Waals surface area contributed by atoms with Crippen LogP contribution < -0.4 is 5.32 Å². The maximum absolute atomic E-state index is 13.6. The van der Waals surface area contributed by atoms with Crippen molar-refractivity contribution < 1.29 is 22.8 Å². The number of fused-ring (bicyclic) bond motifs is 1. The molecule has 210 valence electrons. The van der Waals surface area contributed by atoms with Crippen molar-refractivity contribution in [2.45, 2.75) is 70.6 Å². The summed E-state index contributed by atoms with van der Waals surface area (Å²) in [5, 5.41) is 4.17. The number of benzene rings is 2. The van der Waals surface area contributed by atoms with Crippen molar-refractivity contribution in [3.05, 3.63) is 71.4 Å². The van der Waals surface area contributed by atoms with Gasteiger partial charge in [0.2, 0.25) is 5.91 Å². The number of carbonyl (C=O) groups excluding carboxylic acids is 2. The smallest absolute Gasteiger partial charge is 0.361 e. The van der Waals surface area contributed by atoms with Crippen LogP contribution in [0.4, 0.5) is 18.0 Å². The normalized spacial score (nSPS) is 14.4. The number of alkyl halides is 3. The third-order valence-electron chi connectivity index (χ3n) is 7.37. The van der Waals surface area contributed by atoms with Crippen LogP contribution in [0.2, 0.25) is 0 Å². The number of nitrogens with zero attached hydrogens (tertiary/aromatic N) is 2. The molecule has 1 saturated carbocycles. The van der Waals surface area contributed by atoms with E-state index in [0.717, 1.165) is 54.3 Å². The fraction of sp³-hybridized carbons (Fsp3) is 0.467. The lowest BCUT2D eigenvalue weighted by atomic mass is 9.96. The van der Waals surface area contributed by atoms with Gasteiger partial charge in [0.25, 0.3) is 0 Å². The van der Waals surface area contributed by atoms with Gasteiger partial charge in [0.15, 0.2) is 0 Å². The Kier molecular flexibility index (Phi) is 9.54. The lowest BCUT2D eigenvalue weighted by Gasteiger charge is -2.30. The van der Waals surface area contributed by atoms with Gasteiger partial charge in [0, 0.05) is 42.8 Å². The van der Waals surface area contributed by atoms with Crippen LogP contribution in [0.15, 0.2) is 54.7 Å². The summed E-state index contributed by atoms with van der Waals surface area (Å²) in [5.41, 5.74) is 1.93. The molecule has 0 aliphatic heterocycles. The summed E-state index contributed by atoms with van der Waals surface area (Å²) in [5.74, 6) is -0.234. The van der Waals surface area contributed by atoms with Crippen LogP contribution in [0.5, 0.6) is 0 Å². The second kappa shape index (κ2) is 13.0. The highest BCUT2D eigenvalue weighted by Crippen LogP contribution is 2.29. The molecule has 0 radical (unpaired) electrons. The molecule has 0 unspecified atom stereocenters. The van der Waals surface area contributed by atoms with Crippen LogP contribution in [0.25, 0.3) is 10.9 Å². The zero-order valence-corrected chi connectivity index (χ0v) is 22.4. The summed E-state index contributed by atoms with van der Waals surface area (Å²) in [4.78, 5) is 33.1. The van der Waals surface area contributed by atoms with Crippen molar-refractivity contribution in [3.63, 3.8) is 0 Å². The monoisotopic (exact) mass is 542 g/mol. The minimum Gasteiger partial charge on any atom is -0.361 e. The molecule has 0 saturated heterocycles. The molecule has 6 nitrogen and oxygen atoms in total. The molecule has 0 bridgehead atoms. The topological polar surface area (TPSA) is 68.4 Å². The lowest BCUT2D eigenvalue weighted by molar-refractivity contribution is -0.137. The van der Waals surface area contributed by atoms with Gasteiger partial charge in [0.1, 0.15) is 6.54 Å². The van der Waals surface area contributed by atoms with Gasteiger partial charge in [-0.15, -0.1) is 0 Å². The van der Waals surface area contributed by atoms with E-state index < -0.39 is 11.7 Å². The number of urea groups is 1. The number of para-hydroxylation sites is 1. The Morgan fingerprint density at radius 2 is 1.69 bits per heavy atom. The molecule has 1 aliphatic rings. The number of hydrogen-bond acceptors (Lipinski definition) is 2. The first-order chi connectivity index (χ1) is 18.7. The zero-order valence-electron chi connectivity index (χ0n) is 22.4. The zero-order chi connectivity index (χ0) is 27.8. The van der Waals surface area contributed by atoms with Gasteiger partial charge in [-0.25, -0.2) is 4.79 Å². The molecule has 0 spiro atoms. The van der Waals surface area contributed by atoms with E-state index in [0.29, 0.717) is 31.5 Å². The Hall–Kier alpha value is -3.49. The van der Waals surface area contributed by atoms with E-state index in [1.165, 1.54) is 18.6 Å². The third kappa shape index (κ3) is 7.77. The number of aromatic nitrogens is 1. The molecule has 3 aromatic rings. The molecule has 2 N–H and O–H groups in total. The highest BCUT2D eigenvalue weighted by atomic mass is 19.4. The Labute approximate surface area is 227 Å². The second-order valence-electron chi connectivity index (χ2n) is 10.3. The van der Waals surface area contributed by atoms with Crippen LogP contribution in [0.3, 0.4) is 0 Å². The van der Waals surface area contributed by atoms with E-state index in [2.05, 4.69) is 10.3 Å². The van der Waals surface area contributed by atoms with Gasteiger partial charge in [-0.2, -0.15) is 13.2 Å². The quantitative estimate of drug-likeness (QED) is 0.307. The molecular formula is C30H37F3N4O2. The van der Waals surface area contributed by atoms with Crippen LogP contribution in [-0.4, -0.2) is 52.4 Å². The molecule has 0 atom stereocenters. The number of carbonyl (C=O) groups is 2. The SMILES string of the molecule is CCCN(CC(=O)N(CCc1c[nH]c2ccccc12)Cc1ccc(C(F)(F)F)cc1)C(=O)NC1CCCCC1. The Bertz CT molecular complexity index is 1230. The van der Waals surface area contributed by atoms with E-state index in [-0.39, 0.29) is 31.1 Å². The van der Waals surface area contributed by atoms with Crippen molar-refractivity contribution in [1.29, 1.82) is 0 Å². The average molecular weight is 543 g/mol. The summed E-state index contributed by atoms with van der Waals surface area (Å²) in [7, 11) is 0. The first-order valence-corrected chi connectivity index (χ1v) is 13.8. The number of aromatic amines is 1. The number of rotatable bonds is 10. The standard InChI is InChI=1S/C30H37F3N4O2/c1-2-17-37(29(39)35-25-8-4-3-5-9-25)21-28(38)36(20-22-12-14-24(15-13-22)30(31,32)33)18-16-23-19-34-27-11-7-6-10-26(23)27/h6-7,10-15,19,25,34H,2-5,8-9,16-18,20-21H2,1H3,(H,35,39). The van der Waals surface area contributed by atoms with Crippen molar-refractivity contribution in [2.75, 3.05) is 19.6 Å². The molecule has 9 heteroatoms. The molecule has 2 aromatic carbocycles. The largest absolute Gasteiger partial charge is 0.416 e. The van der Waals surface area contributed by atoms with Gasteiger partial charge in [-0.1, -0.05) is 56.5 Å². The van der Waals surface area contributed by atoms with Gasteiger partial charge < -0.3 is 20.1 Å². The molecule has 39 heavy (non-hydrogen) atoms. The number of halogens is 3. The number of amides is 3. The number of H-pyrrole nitrogens is 1. The molecule has 1 aromatic heterocycles. The molecule has 1 heterocycles. The maximum Gasteiger partial charge on any atom is 0.416 e. The Balaban J connectivity index is 1.49. The predicted molar refractivity (Wildman–Crippen MR) is 146 cm³/mol. The summed E-state index contributed by atoms with van der Waals surface area (Å²) in [6.45, 7) is 2.85. The number of nitrogens with one attached hydrogen (secondary N) is 2. The van der Waals surface area contributed by atoms with Crippen LogP contribution >= 0.6 is 0 Å². The molecule has 1 fully saturated rings. The van der Waals surface area contributed by atoms with E-state index in [9.17, 15) is 22.8 Å². The summed E-state index contributed by atoms with van der Waals surface area (Å²) >= 11 is 0. The highest BCUT2D eigenvalue weighted by molar-refractivity contribution is 5.85. The minimum atomic E-state index is -4.42. The highest BCUT2D eigenvalue weighted by Gasteiger charge is 2.30. The van der Waals surface area contributed by atoms with E-state index in [4.69, 9.17) is 0 Å². The van der Waals surface area contributed by atoms with Crippen molar-refractivity contribution in [2.24, 2.45) is 0 Å². The summed E-state index contributed by atoms with van der Waals surface area (Å²) < 4.78 is 39.2. The van der Waals surface area contributed by atoms with E-state index in [1.54, 1.807) is 9.80 Å². The maximum atomic E-state index is 13.6. The molecule has 1 aliphatic carbocycles. The van der Waals surface area contributed by atoms with Crippen LogP contribution in [0, 0.1) is 0 Å². The van der Waals surface area contributed by atoms with Crippen molar-refractivity contribution in [3.8, 4) is 0 Å². The molecule has 3 amide bonds. The van der Waals surface area contributed by atoms with Gasteiger partial charge in [-0.3, -0.25) is 4.79 Å². The molecule has 4 rings (SSSR count). The van der Waals surface area contributed by atoms with E-state index in [1.807, 2.05) is 37.4 Å². The second-order valence-corrected chi connectivity index (χ2v) is 10.3. The predicted octanol–water partition coefficient (Wildman–Crippen LogP) is 6.51. The van der Waals surface area contributed by atoms with Gasteiger partial charge in [-0.05, 0) is 55.0 Å². The van der Waals surface area contributed by atoms with Crippen molar-refractivity contribution >= 4 is 22.8 Å². The van der Waals surface area contributed by atoms with Crippen LogP contribution in [-0.2, 0) is 23.9 Å². The number of hydrogen-bond donors (Lipinski definition) is 2.